The smallest absolute Gasteiger partial charge is 0.271 e. The third-order valence-electron chi connectivity index (χ3n) is 5.23. The van der Waals surface area contributed by atoms with Crippen LogP contribution in [0, 0.1) is 0 Å². The molecule has 0 aromatic heterocycles. The molecular weight excluding hydrogens is 442 g/mol. The lowest BCUT2D eigenvalue weighted by molar-refractivity contribution is 0.0955. The molecule has 0 saturated carbocycles. The zero-order chi connectivity index (χ0) is 21.9. The number of hydrazone groups is 1. The Kier molecular flexibility index (Phi) is 6.66. The highest BCUT2D eigenvalue weighted by Gasteiger charge is 2.31. The van der Waals surface area contributed by atoms with Crippen LogP contribution in [-0.4, -0.2) is 31.3 Å². The van der Waals surface area contributed by atoms with E-state index in [4.69, 9.17) is 4.74 Å². The lowest BCUT2D eigenvalue weighted by atomic mass is 9.87. The number of rotatable bonds is 6. The number of carbonyl (C=O) groups is 1. The molecule has 6 heteroatoms. The third-order valence-corrected chi connectivity index (χ3v) is 5.73. The monoisotopic (exact) mass is 469 g/mol. The van der Waals surface area contributed by atoms with Gasteiger partial charge in [0.15, 0.2) is 0 Å². The second-order valence-electron chi connectivity index (χ2n) is 7.95. The van der Waals surface area contributed by atoms with Crippen molar-refractivity contribution in [3.05, 3.63) is 63.6 Å². The fraction of sp³-hybridized carbons (Fsp3) is 0.333. The number of carbonyl (C=O) groups excluding carboxylic acids is 1. The van der Waals surface area contributed by atoms with Crippen molar-refractivity contribution in [2.24, 2.45) is 5.10 Å². The van der Waals surface area contributed by atoms with Crippen LogP contribution in [-0.2, 0) is 0 Å². The molecule has 1 amide bonds. The van der Waals surface area contributed by atoms with Crippen molar-refractivity contribution in [3.8, 4) is 5.75 Å². The summed E-state index contributed by atoms with van der Waals surface area (Å²) >= 11 is 3.37. The first-order chi connectivity index (χ1) is 14.3. The second kappa shape index (κ2) is 9.04. The van der Waals surface area contributed by atoms with Gasteiger partial charge in [-0.25, -0.2) is 5.43 Å². The van der Waals surface area contributed by atoms with Crippen molar-refractivity contribution >= 4 is 39.3 Å². The van der Waals surface area contributed by atoms with Gasteiger partial charge in [0.1, 0.15) is 5.75 Å². The number of ether oxygens (including phenoxy) is 1. The molecule has 1 heterocycles. The normalized spacial score (nSPS) is 15.0. The Hall–Kier alpha value is -2.60. The Morgan fingerprint density at radius 1 is 1.30 bits per heavy atom. The van der Waals surface area contributed by atoms with Crippen LogP contribution in [0.15, 0.2) is 52.0 Å². The van der Waals surface area contributed by atoms with Crippen LogP contribution in [0.2, 0.25) is 0 Å². The van der Waals surface area contributed by atoms with Gasteiger partial charge in [-0.05, 0) is 57.0 Å². The summed E-state index contributed by atoms with van der Waals surface area (Å²) in [5.74, 6) is 0.456. The van der Waals surface area contributed by atoms with Gasteiger partial charge in [-0.2, -0.15) is 5.10 Å². The molecule has 2 aromatic carbocycles. The Balaban J connectivity index is 1.90. The van der Waals surface area contributed by atoms with Gasteiger partial charge in [0.2, 0.25) is 0 Å². The molecule has 0 bridgehead atoms. The molecule has 0 unspecified atom stereocenters. The SMILES string of the molecule is CCCN1c2cc(OC)c(/C=N\NC(=O)c3cccc(Br)c3)cc2C(C)=CC1(C)C. The lowest BCUT2D eigenvalue weighted by Crippen LogP contribution is -2.45. The fourth-order valence-corrected chi connectivity index (χ4v) is 4.28. The first-order valence-corrected chi connectivity index (χ1v) is 10.8. The Morgan fingerprint density at radius 3 is 2.73 bits per heavy atom. The molecule has 0 spiro atoms. The molecule has 0 fully saturated rings. The maximum Gasteiger partial charge on any atom is 0.271 e. The average molecular weight is 470 g/mol. The molecule has 0 radical (unpaired) electrons. The van der Waals surface area contributed by atoms with Crippen molar-refractivity contribution in [3.63, 3.8) is 0 Å². The predicted octanol–water partition coefficient (Wildman–Crippen LogP) is 5.63. The second-order valence-corrected chi connectivity index (χ2v) is 8.87. The van der Waals surface area contributed by atoms with Gasteiger partial charge in [-0.15, -0.1) is 0 Å². The zero-order valence-corrected chi connectivity index (χ0v) is 19.7. The minimum Gasteiger partial charge on any atom is -0.496 e. The van der Waals surface area contributed by atoms with Crippen LogP contribution in [0.3, 0.4) is 0 Å². The van der Waals surface area contributed by atoms with Gasteiger partial charge in [-0.3, -0.25) is 4.79 Å². The number of anilines is 1. The quantitative estimate of drug-likeness (QED) is 0.440. The van der Waals surface area contributed by atoms with Gasteiger partial charge in [0.05, 0.1) is 18.9 Å². The van der Waals surface area contributed by atoms with E-state index >= 15 is 0 Å². The molecule has 5 nitrogen and oxygen atoms in total. The fourth-order valence-electron chi connectivity index (χ4n) is 3.89. The number of benzene rings is 2. The van der Waals surface area contributed by atoms with Crippen molar-refractivity contribution < 1.29 is 9.53 Å². The number of fused-ring (bicyclic) bond motifs is 1. The van der Waals surface area contributed by atoms with Gasteiger partial charge < -0.3 is 9.64 Å². The van der Waals surface area contributed by atoms with E-state index in [-0.39, 0.29) is 11.4 Å². The highest BCUT2D eigenvalue weighted by atomic mass is 79.9. The van der Waals surface area contributed by atoms with Crippen molar-refractivity contribution in [1.82, 2.24) is 5.43 Å². The van der Waals surface area contributed by atoms with Gasteiger partial charge in [-0.1, -0.05) is 35.0 Å². The summed E-state index contributed by atoms with van der Waals surface area (Å²) in [6.45, 7) is 9.74. The Labute approximate surface area is 186 Å². The van der Waals surface area contributed by atoms with Crippen LogP contribution >= 0.6 is 15.9 Å². The number of nitrogens with zero attached hydrogens (tertiary/aromatic N) is 2. The van der Waals surface area contributed by atoms with Gasteiger partial charge in [0, 0.05) is 39.5 Å². The van der Waals surface area contributed by atoms with Crippen LogP contribution in [0.5, 0.6) is 5.75 Å². The van der Waals surface area contributed by atoms with Crippen molar-refractivity contribution in [1.29, 1.82) is 0 Å². The van der Waals surface area contributed by atoms with Crippen molar-refractivity contribution in [2.45, 2.75) is 39.7 Å². The zero-order valence-electron chi connectivity index (χ0n) is 18.1. The molecule has 0 atom stereocenters. The summed E-state index contributed by atoms with van der Waals surface area (Å²) in [4.78, 5) is 14.7. The van der Waals surface area contributed by atoms with E-state index in [2.05, 4.69) is 77.3 Å². The molecule has 1 N–H and O–H groups in total. The summed E-state index contributed by atoms with van der Waals surface area (Å²) in [6.07, 6.45) is 4.99. The Morgan fingerprint density at radius 2 is 2.07 bits per heavy atom. The summed E-state index contributed by atoms with van der Waals surface area (Å²) < 4.78 is 6.49. The van der Waals surface area contributed by atoms with Gasteiger partial charge >= 0.3 is 0 Å². The molecule has 1 aliphatic rings. The molecule has 3 rings (SSSR count). The lowest BCUT2D eigenvalue weighted by Gasteiger charge is -2.43. The summed E-state index contributed by atoms with van der Waals surface area (Å²) in [5, 5.41) is 4.16. The summed E-state index contributed by atoms with van der Waals surface area (Å²) in [7, 11) is 1.65. The standard InChI is InChI=1S/C24H28BrN3O2/c1-6-10-28-21-13-22(30-5)18(12-20(21)16(2)14-24(28,3)4)15-26-27-23(29)17-8-7-9-19(25)11-17/h7-9,11-15H,6,10H2,1-5H3,(H,27,29)/b26-15-. The Bertz CT molecular complexity index is 1010. The number of amides is 1. The van der Waals surface area contributed by atoms with Crippen LogP contribution in [0.25, 0.3) is 5.57 Å². The van der Waals surface area contributed by atoms with E-state index < -0.39 is 0 Å². The third kappa shape index (κ3) is 4.59. The minimum atomic E-state index is -0.267. The molecule has 0 saturated heterocycles. The average Bonchev–Trinajstić information content (AvgIpc) is 2.70. The maximum atomic E-state index is 12.3. The largest absolute Gasteiger partial charge is 0.496 e. The molecule has 158 valence electrons. The highest BCUT2D eigenvalue weighted by Crippen LogP contribution is 2.41. The van der Waals surface area contributed by atoms with E-state index in [0.29, 0.717) is 5.56 Å². The van der Waals surface area contributed by atoms with Crippen molar-refractivity contribution in [2.75, 3.05) is 18.6 Å². The van der Waals surface area contributed by atoms with Gasteiger partial charge in [0.25, 0.3) is 5.91 Å². The number of hydrogen-bond acceptors (Lipinski definition) is 4. The number of methoxy groups -OCH3 is 1. The number of allylic oxidation sites excluding steroid dienone is 1. The molecule has 1 aliphatic heterocycles. The van der Waals surface area contributed by atoms with Crippen LogP contribution < -0.4 is 15.1 Å². The van der Waals surface area contributed by atoms with E-state index in [1.807, 2.05) is 12.1 Å². The number of halogens is 1. The highest BCUT2D eigenvalue weighted by molar-refractivity contribution is 9.10. The van der Waals surface area contributed by atoms with Crippen LogP contribution in [0.1, 0.15) is 55.6 Å². The topological polar surface area (TPSA) is 53.9 Å². The van der Waals surface area contributed by atoms with E-state index in [1.165, 1.54) is 5.57 Å². The predicted molar refractivity (Wildman–Crippen MR) is 128 cm³/mol. The molecule has 30 heavy (non-hydrogen) atoms. The first-order valence-electron chi connectivity index (χ1n) is 10.0. The summed E-state index contributed by atoms with van der Waals surface area (Å²) in [5.41, 5.74) is 7.41. The number of hydrogen-bond donors (Lipinski definition) is 1. The summed E-state index contributed by atoms with van der Waals surface area (Å²) in [6, 6.07) is 11.3. The maximum absolute atomic E-state index is 12.3. The molecule has 2 aromatic rings. The van der Waals surface area contributed by atoms with E-state index in [9.17, 15) is 4.79 Å². The van der Waals surface area contributed by atoms with Crippen LogP contribution in [0.4, 0.5) is 5.69 Å². The molecule has 0 aliphatic carbocycles. The van der Waals surface area contributed by atoms with E-state index in [0.717, 1.165) is 40.0 Å². The molecular formula is C24H28BrN3O2. The number of nitrogens with one attached hydrogen (secondary N) is 1. The van der Waals surface area contributed by atoms with E-state index in [1.54, 1.807) is 25.5 Å². The minimum absolute atomic E-state index is 0.0638. The first kappa shape index (κ1) is 22.1.